The van der Waals surface area contributed by atoms with Crippen LogP contribution in [0.15, 0.2) is 48.9 Å². The molecule has 7 heteroatoms. The Morgan fingerprint density at radius 3 is 2.47 bits per heavy atom. The molecule has 3 rings (SSSR count). The Morgan fingerprint density at radius 1 is 1.10 bits per heavy atom. The summed E-state index contributed by atoms with van der Waals surface area (Å²) in [5.41, 5.74) is 1.61. The summed E-state index contributed by atoms with van der Waals surface area (Å²) in [7, 11) is 0. The lowest BCUT2D eigenvalue weighted by atomic mass is 10.1. The molecule has 0 bridgehead atoms. The molecule has 0 aliphatic carbocycles. The Labute approximate surface area is 178 Å². The van der Waals surface area contributed by atoms with Gasteiger partial charge in [-0.2, -0.15) is 0 Å². The van der Waals surface area contributed by atoms with Gasteiger partial charge in [-0.1, -0.05) is 37.3 Å². The second kappa shape index (κ2) is 10.8. The van der Waals surface area contributed by atoms with Crippen LogP contribution in [0.1, 0.15) is 42.7 Å². The molecule has 0 spiro atoms. The van der Waals surface area contributed by atoms with Crippen LogP contribution >= 0.6 is 0 Å². The first kappa shape index (κ1) is 21.9. The minimum atomic E-state index is -0.169. The fraction of sp³-hybridized carbons (Fsp3) is 0.478. The van der Waals surface area contributed by atoms with Gasteiger partial charge in [-0.05, 0) is 18.9 Å². The van der Waals surface area contributed by atoms with Gasteiger partial charge in [0.1, 0.15) is 5.69 Å². The van der Waals surface area contributed by atoms with Gasteiger partial charge in [0, 0.05) is 64.1 Å². The van der Waals surface area contributed by atoms with Crippen LogP contribution in [-0.4, -0.2) is 75.2 Å². The fourth-order valence-electron chi connectivity index (χ4n) is 3.67. The Balaban J connectivity index is 1.50. The number of aromatic nitrogens is 2. The third kappa shape index (κ3) is 5.86. The lowest BCUT2D eigenvalue weighted by molar-refractivity contribution is -0.133. The van der Waals surface area contributed by atoms with Gasteiger partial charge < -0.3 is 9.80 Å². The van der Waals surface area contributed by atoms with E-state index in [0.717, 1.165) is 39.1 Å². The molecular weight excluding hydrogens is 378 g/mol. The molecular formula is C23H31N5O2. The molecule has 0 N–H and O–H groups in total. The number of nitrogens with zero attached hydrogens (tertiary/aromatic N) is 5. The summed E-state index contributed by atoms with van der Waals surface area (Å²) in [5.74, 6) is -0.0625. The molecule has 1 saturated heterocycles. The average Bonchev–Trinajstić information content (AvgIpc) is 2.80. The van der Waals surface area contributed by atoms with Crippen molar-refractivity contribution in [1.29, 1.82) is 0 Å². The molecule has 2 aromatic rings. The summed E-state index contributed by atoms with van der Waals surface area (Å²) in [6.45, 7) is 8.55. The molecule has 1 aliphatic rings. The summed E-state index contributed by atoms with van der Waals surface area (Å²) in [6.07, 6.45) is 5.69. The van der Waals surface area contributed by atoms with Crippen LogP contribution in [0.3, 0.4) is 0 Å². The first-order valence-electron chi connectivity index (χ1n) is 10.7. The number of rotatable bonds is 8. The lowest BCUT2D eigenvalue weighted by Gasteiger charge is -2.35. The number of amides is 2. The molecule has 160 valence electrons. The maximum atomic E-state index is 12.8. The Kier molecular flexibility index (Phi) is 7.90. The largest absolute Gasteiger partial charge is 0.340 e. The molecule has 1 fully saturated rings. The van der Waals surface area contributed by atoms with Gasteiger partial charge in [0.05, 0.1) is 6.20 Å². The highest BCUT2D eigenvalue weighted by Crippen LogP contribution is 2.12. The van der Waals surface area contributed by atoms with Crippen molar-refractivity contribution in [3.05, 3.63) is 60.2 Å². The molecule has 1 aromatic heterocycles. The zero-order chi connectivity index (χ0) is 21.3. The number of carbonyl (C=O) groups excluding carboxylic acids is 2. The van der Waals surface area contributed by atoms with Crippen molar-refractivity contribution in [3.63, 3.8) is 0 Å². The fourth-order valence-corrected chi connectivity index (χ4v) is 3.67. The number of carbonyl (C=O) groups is 2. The minimum absolute atomic E-state index is 0.0371. The average molecular weight is 410 g/mol. The van der Waals surface area contributed by atoms with Gasteiger partial charge in [-0.15, -0.1) is 0 Å². The van der Waals surface area contributed by atoms with E-state index in [1.165, 1.54) is 18.0 Å². The molecule has 2 heterocycles. The van der Waals surface area contributed by atoms with Crippen molar-refractivity contribution in [1.82, 2.24) is 24.7 Å². The summed E-state index contributed by atoms with van der Waals surface area (Å²) in [6, 6.07) is 10.4. The van der Waals surface area contributed by atoms with Gasteiger partial charge in [0.15, 0.2) is 0 Å². The van der Waals surface area contributed by atoms with E-state index in [0.29, 0.717) is 18.7 Å². The highest BCUT2D eigenvalue weighted by Gasteiger charge is 2.25. The normalized spacial score (nSPS) is 15.6. The number of piperazine rings is 1. The minimum Gasteiger partial charge on any atom is -0.340 e. The SMILES string of the molecule is CC[C@@H](C)N(CCC(=O)N1CCN(Cc2ccccc2)CC1)C(=O)c1cnccn1. The molecule has 0 saturated carbocycles. The Morgan fingerprint density at radius 2 is 1.83 bits per heavy atom. The van der Waals surface area contributed by atoms with E-state index in [2.05, 4.69) is 39.1 Å². The van der Waals surface area contributed by atoms with Crippen molar-refractivity contribution in [2.24, 2.45) is 0 Å². The number of hydrogen-bond acceptors (Lipinski definition) is 5. The van der Waals surface area contributed by atoms with Gasteiger partial charge in [-0.3, -0.25) is 19.5 Å². The predicted molar refractivity (Wildman–Crippen MR) is 116 cm³/mol. The molecule has 0 unspecified atom stereocenters. The van der Waals surface area contributed by atoms with E-state index >= 15 is 0 Å². The maximum absolute atomic E-state index is 12.8. The van der Waals surface area contributed by atoms with E-state index < -0.39 is 0 Å². The third-order valence-electron chi connectivity index (χ3n) is 5.71. The maximum Gasteiger partial charge on any atom is 0.274 e. The van der Waals surface area contributed by atoms with Crippen LogP contribution in [0, 0.1) is 0 Å². The number of hydrogen-bond donors (Lipinski definition) is 0. The van der Waals surface area contributed by atoms with Crippen LogP contribution in [0.4, 0.5) is 0 Å². The molecule has 7 nitrogen and oxygen atoms in total. The van der Waals surface area contributed by atoms with Gasteiger partial charge in [0.2, 0.25) is 5.91 Å². The quantitative estimate of drug-likeness (QED) is 0.670. The van der Waals surface area contributed by atoms with E-state index in [-0.39, 0.29) is 17.9 Å². The monoisotopic (exact) mass is 409 g/mol. The van der Waals surface area contributed by atoms with Crippen molar-refractivity contribution in [2.75, 3.05) is 32.7 Å². The summed E-state index contributed by atoms with van der Waals surface area (Å²) in [5, 5.41) is 0. The molecule has 1 atom stereocenters. The molecule has 1 aromatic carbocycles. The number of benzene rings is 1. The summed E-state index contributed by atoms with van der Waals surface area (Å²) < 4.78 is 0. The smallest absolute Gasteiger partial charge is 0.274 e. The third-order valence-corrected chi connectivity index (χ3v) is 5.71. The topological polar surface area (TPSA) is 69.6 Å². The summed E-state index contributed by atoms with van der Waals surface area (Å²) >= 11 is 0. The highest BCUT2D eigenvalue weighted by atomic mass is 16.2. The predicted octanol–water partition coefficient (Wildman–Crippen LogP) is 2.45. The van der Waals surface area contributed by atoms with Gasteiger partial charge in [0.25, 0.3) is 5.91 Å². The Bertz CT molecular complexity index is 807. The van der Waals surface area contributed by atoms with Crippen molar-refractivity contribution < 1.29 is 9.59 Å². The highest BCUT2D eigenvalue weighted by molar-refractivity contribution is 5.92. The molecule has 0 radical (unpaired) electrons. The van der Waals surface area contributed by atoms with Gasteiger partial charge in [-0.25, -0.2) is 4.98 Å². The van der Waals surface area contributed by atoms with Crippen LogP contribution < -0.4 is 0 Å². The summed E-state index contributed by atoms with van der Waals surface area (Å²) in [4.78, 5) is 39.8. The van der Waals surface area contributed by atoms with Crippen molar-refractivity contribution in [3.8, 4) is 0 Å². The molecule has 30 heavy (non-hydrogen) atoms. The van der Waals surface area contributed by atoms with Crippen LogP contribution in [-0.2, 0) is 11.3 Å². The zero-order valence-corrected chi connectivity index (χ0v) is 17.9. The first-order chi connectivity index (χ1) is 14.6. The van der Waals surface area contributed by atoms with E-state index in [1.54, 1.807) is 11.1 Å². The van der Waals surface area contributed by atoms with Gasteiger partial charge >= 0.3 is 0 Å². The van der Waals surface area contributed by atoms with Crippen LogP contribution in [0.2, 0.25) is 0 Å². The second-order valence-electron chi connectivity index (χ2n) is 7.74. The standard InChI is InChI=1S/C23H31N5O2/c1-3-19(2)28(23(30)21-17-24-10-11-25-21)12-9-22(29)27-15-13-26(14-16-27)18-20-7-5-4-6-8-20/h4-8,10-11,17,19H,3,9,12-16,18H2,1-2H3/t19-/m1/s1. The Hall–Kier alpha value is -2.80. The van der Waals surface area contributed by atoms with Crippen molar-refractivity contribution >= 4 is 11.8 Å². The second-order valence-corrected chi connectivity index (χ2v) is 7.74. The lowest BCUT2D eigenvalue weighted by Crippen LogP contribution is -2.49. The van der Waals surface area contributed by atoms with Crippen LogP contribution in [0.5, 0.6) is 0 Å². The van der Waals surface area contributed by atoms with E-state index in [9.17, 15) is 9.59 Å². The first-order valence-corrected chi connectivity index (χ1v) is 10.7. The van der Waals surface area contributed by atoms with Crippen molar-refractivity contribution in [2.45, 2.75) is 39.3 Å². The molecule has 1 aliphatic heterocycles. The van der Waals surface area contributed by atoms with Crippen LogP contribution in [0.25, 0.3) is 0 Å². The zero-order valence-electron chi connectivity index (χ0n) is 17.9. The molecule has 2 amide bonds. The van der Waals surface area contributed by atoms with E-state index in [4.69, 9.17) is 0 Å². The van der Waals surface area contributed by atoms with E-state index in [1.807, 2.05) is 24.8 Å².